The highest BCUT2D eigenvalue weighted by atomic mass is 32.2. The number of nitrogens with one attached hydrogen (secondary N) is 3. The first kappa shape index (κ1) is 30.5. The van der Waals surface area contributed by atoms with Crippen LogP contribution in [0.3, 0.4) is 0 Å². The summed E-state index contributed by atoms with van der Waals surface area (Å²) in [4.78, 5) is 11.1. The first-order valence-electron chi connectivity index (χ1n) is 15.1. The molecule has 11 heteroatoms. The van der Waals surface area contributed by atoms with Crippen molar-refractivity contribution in [3.8, 4) is 0 Å². The van der Waals surface area contributed by atoms with E-state index in [0.29, 0.717) is 50.9 Å². The maximum absolute atomic E-state index is 12.5. The summed E-state index contributed by atoms with van der Waals surface area (Å²) in [5.41, 5.74) is 8.49. The maximum Gasteiger partial charge on any atom is 0.226 e. The molecule has 0 spiro atoms. The van der Waals surface area contributed by atoms with Crippen LogP contribution >= 0.6 is 0 Å². The molecule has 1 aromatic carbocycles. The molecular weight excluding hydrogens is 524 g/mol. The number of nitrogens with two attached hydrogens (primary N) is 1. The van der Waals surface area contributed by atoms with Gasteiger partial charge in [0.15, 0.2) is 0 Å². The quantitative estimate of drug-likeness (QED) is 0.238. The van der Waals surface area contributed by atoms with Crippen molar-refractivity contribution in [2.75, 3.05) is 61.0 Å². The van der Waals surface area contributed by atoms with Crippen LogP contribution in [0.25, 0.3) is 0 Å². The number of rotatable bonds is 15. The van der Waals surface area contributed by atoms with E-state index in [4.69, 9.17) is 5.73 Å². The number of hydrogen-bond donors (Lipinski definition) is 4. The first-order valence-corrected chi connectivity index (χ1v) is 16.7. The maximum atomic E-state index is 12.5. The first-order chi connectivity index (χ1) is 19.4. The third-order valence-electron chi connectivity index (χ3n) is 7.82. The Hall–Kier alpha value is -2.47. The zero-order valence-corrected chi connectivity index (χ0v) is 24.9. The van der Waals surface area contributed by atoms with Gasteiger partial charge in [-0.05, 0) is 49.9 Å². The van der Waals surface area contributed by atoms with Gasteiger partial charge in [0.2, 0.25) is 16.0 Å². The molecule has 0 bridgehead atoms. The molecule has 0 atom stereocenters. The number of nitrogens with zero attached hydrogens (tertiary/aromatic N) is 4. The number of unbranched alkanes of at least 4 members (excludes halogenated alkanes) is 1. The third-order valence-corrected chi connectivity index (χ3v) is 9.77. The normalized spacial score (nSPS) is 17.3. The minimum atomic E-state index is -3.19. The van der Waals surface area contributed by atoms with Crippen LogP contribution in [0.5, 0.6) is 0 Å². The second kappa shape index (κ2) is 15.5. The van der Waals surface area contributed by atoms with Gasteiger partial charge in [-0.2, -0.15) is 14.3 Å². The number of nitrogen functional groups attached to an aromatic ring is 1. The molecule has 2 heterocycles. The highest BCUT2D eigenvalue weighted by Gasteiger charge is 2.27. The molecule has 2 aromatic rings. The highest BCUT2D eigenvalue weighted by Crippen LogP contribution is 2.20. The predicted molar refractivity (Wildman–Crippen MR) is 164 cm³/mol. The Labute approximate surface area is 240 Å². The van der Waals surface area contributed by atoms with Crippen LogP contribution < -0.4 is 26.6 Å². The minimum Gasteiger partial charge on any atom is -0.383 e. The van der Waals surface area contributed by atoms with Gasteiger partial charge in [-0.3, -0.25) is 0 Å². The molecule has 5 N–H and O–H groups in total. The Morgan fingerprint density at radius 3 is 2.33 bits per heavy atom. The zero-order chi connectivity index (χ0) is 28.2. The predicted octanol–water partition coefficient (Wildman–Crippen LogP) is 3.32. The molecule has 1 saturated carbocycles. The van der Waals surface area contributed by atoms with Crippen LogP contribution in [0, 0.1) is 0 Å². The van der Waals surface area contributed by atoms with Gasteiger partial charge in [0.05, 0.1) is 5.75 Å². The number of aromatic nitrogens is 2. The molecule has 0 amide bonds. The van der Waals surface area contributed by atoms with Gasteiger partial charge in [0.25, 0.3) is 0 Å². The van der Waals surface area contributed by atoms with Crippen molar-refractivity contribution >= 4 is 27.6 Å². The lowest BCUT2D eigenvalue weighted by molar-refractivity contribution is 0.371. The molecule has 1 aliphatic heterocycles. The Balaban J connectivity index is 1.18. The average Bonchev–Trinajstić information content (AvgIpc) is 2.98. The lowest BCUT2D eigenvalue weighted by Crippen LogP contribution is -2.49. The Morgan fingerprint density at radius 1 is 0.925 bits per heavy atom. The second-order valence-electron chi connectivity index (χ2n) is 11.0. The van der Waals surface area contributed by atoms with Crippen molar-refractivity contribution in [1.82, 2.24) is 24.9 Å². The molecule has 222 valence electrons. The molecule has 1 saturated heterocycles. The van der Waals surface area contributed by atoms with Gasteiger partial charge in [-0.25, -0.2) is 8.42 Å². The van der Waals surface area contributed by atoms with Gasteiger partial charge in [-0.15, -0.1) is 0 Å². The lowest BCUT2D eigenvalue weighted by atomic mass is 9.95. The standard InChI is InChI=1S/C29H48N8O2S/c1-2-3-20-40(38,39)37-18-16-36(17-19-37)28-21-27(30)34-29(35-28)33-23-25-12-10-24(11-13-25)22-31-14-7-15-32-26-8-5-4-6-9-26/h10-13,21,26,31-32H,2-9,14-20,22-23H2,1H3,(H3,30,33,34,35). The molecule has 2 aliphatic rings. The molecule has 4 rings (SSSR count). The van der Waals surface area contributed by atoms with E-state index in [-0.39, 0.29) is 5.75 Å². The molecule has 2 fully saturated rings. The Morgan fingerprint density at radius 2 is 1.62 bits per heavy atom. The third kappa shape index (κ3) is 9.57. The number of piperazine rings is 1. The van der Waals surface area contributed by atoms with Crippen molar-refractivity contribution in [3.63, 3.8) is 0 Å². The van der Waals surface area contributed by atoms with Gasteiger partial charge < -0.3 is 26.6 Å². The van der Waals surface area contributed by atoms with E-state index in [1.54, 1.807) is 10.4 Å². The smallest absolute Gasteiger partial charge is 0.226 e. The highest BCUT2D eigenvalue weighted by molar-refractivity contribution is 7.89. The van der Waals surface area contributed by atoms with Crippen molar-refractivity contribution in [1.29, 1.82) is 0 Å². The zero-order valence-electron chi connectivity index (χ0n) is 24.1. The van der Waals surface area contributed by atoms with E-state index >= 15 is 0 Å². The summed E-state index contributed by atoms with van der Waals surface area (Å²) < 4.78 is 26.6. The number of sulfonamides is 1. The minimum absolute atomic E-state index is 0.216. The van der Waals surface area contributed by atoms with E-state index in [9.17, 15) is 8.42 Å². The Kier molecular flexibility index (Phi) is 11.8. The average molecular weight is 573 g/mol. The monoisotopic (exact) mass is 572 g/mol. The summed E-state index contributed by atoms with van der Waals surface area (Å²) in [6.45, 7) is 7.63. The van der Waals surface area contributed by atoms with Crippen molar-refractivity contribution in [3.05, 3.63) is 41.5 Å². The van der Waals surface area contributed by atoms with Gasteiger partial charge >= 0.3 is 0 Å². The summed E-state index contributed by atoms with van der Waals surface area (Å²) >= 11 is 0. The van der Waals surface area contributed by atoms with Crippen LogP contribution in [0.2, 0.25) is 0 Å². The van der Waals surface area contributed by atoms with E-state index in [0.717, 1.165) is 49.9 Å². The molecular formula is C29H48N8O2S. The lowest BCUT2D eigenvalue weighted by Gasteiger charge is -2.34. The molecule has 0 radical (unpaired) electrons. The fourth-order valence-electron chi connectivity index (χ4n) is 5.36. The fourth-order valence-corrected chi connectivity index (χ4v) is 6.99. The van der Waals surface area contributed by atoms with Crippen LogP contribution in [0.15, 0.2) is 30.3 Å². The Bertz CT molecular complexity index is 1130. The number of hydrogen-bond acceptors (Lipinski definition) is 9. The number of anilines is 3. The summed E-state index contributed by atoms with van der Waals surface area (Å²) in [5.74, 6) is 1.80. The summed E-state index contributed by atoms with van der Waals surface area (Å²) in [6.07, 6.45) is 9.54. The van der Waals surface area contributed by atoms with E-state index in [1.807, 2.05) is 6.92 Å². The molecule has 40 heavy (non-hydrogen) atoms. The molecule has 10 nitrogen and oxygen atoms in total. The largest absolute Gasteiger partial charge is 0.383 e. The topological polar surface area (TPSA) is 129 Å². The molecule has 0 unspecified atom stereocenters. The number of benzene rings is 1. The molecule has 1 aromatic heterocycles. The van der Waals surface area contributed by atoms with Crippen LogP contribution in [-0.4, -0.2) is 73.8 Å². The SMILES string of the molecule is CCCCS(=O)(=O)N1CCN(c2cc(N)nc(NCc3ccc(CNCCCNC4CCCCC4)cc3)n2)CC1. The van der Waals surface area contributed by atoms with Crippen molar-refractivity contribution < 1.29 is 8.42 Å². The summed E-state index contributed by atoms with van der Waals surface area (Å²) in [5, 5.41) is 10.5. The van der Waals surface area contributed by atoms with Crippen LogP contribution in [0.1, 0.15) is 69.4 Å². The molecule has 1 aliphatic carbocycles. The van der Waals surface area contributed by atoms with Crippen molar-refractivity contribution in [2.24, 2.45) is 0 Å². The van der Waals surface area contributed by atoms with Gasteiger partial charge in [-0.1, -0.05) is 56.9 Å². The van der Waals surface area contributed by atoms with E-state index < -0.39 is 10.0 Å². The van der Waals surface area contributed by atoms with Gasteiger partial charge in [0.1, 0.15) is 11.6 Å². The summed E-state index contributed by atoms with van der Waals surface area (Å²) in [7, 11) is -3.19. The van der Waals surface area contributed by atoms with Crippen molar-refractivity contribution in [2.45, 2.75) is 77.4 Å². The van der Waals surface area contributed by atoms with Crippen LogP contribution in [-0.2, 0) is 23.1 Å². The summed E-state index contributed by atoms with van der Waals surface area (Å²) in [6, 6.07) is 11.0. The van der Waals surface area contributed by atoms with E-state index in [2.05, 4.69) is 55.1 Å². The van der Waals surface area contributed by atoms with Crippen LogP contribution in [0.4, 0.5) is 17.6 Å². The second-order valence-corrected chi connectivity index (χ2v) is 13.1. The van der Waals surface area contributed by atoms with Gasteiger partial charge in [0, 0.05) is 51.4 Å². The fraction of sp³-hybridized carbons (Fsp3) is 0.655. The van der Waals surface area contributed by atoms with E-state index in [1.165, 1.54) is 37.7 Å².